The summed E-state index contributed by atoms with van der Waals surface area (Å²) in [6, 6.07) is 4.41. The molecule has 2 N–H and O–H groups in total. The minimum absolute atomic E-state index is 0.0150. The van der Waals surface area contributed by atoms with Gasteiger partial charge in [0.1, 0.15) is 17.7 Å². The van der Waals surface area contributed by atoms with Crippen LogP contribution in [-0.4, -0.2) is 47.0 Å². The highest BCUT2D eigenvalue weighted by molar-refractivity contribution is 5.92. The van der Waals surface area contributed by atoms with Crippen molar-refractivity contribution < 1.29 is 19.1 Å². The maximum Gasteiger partial charge on any atom is 0.408 e. The Kier molecular flexibility index (Phi) is 13.9. The van der Waals surface area contributed by atoms with Gasteiger partial charge in [-0.05, 0) is 65.9 Å². The van der Waals surface area contributed by atoms with Crippen LogP contribution in [0.3, 0.4) is 0 Å². The molecule has 0 radical (unpaired) electrons. The first-order valence-corrected chi connectivity index (χ1v) is 14.4. The summed E-state index contributed by atoms with van der Waals surface area (Å²) in [6.07, 6.45) is 4.54. The minimum atomic E-state index is -0.814. The van der Waals surface area contributed by atoms with E-state index in [1.165, 1.54) is 0 Å². The van der Waals surface area contributed by atoms with Crippen molar-refractivity contribution in [3.05, 3.63) is 34.9 Å². The molecule has 7 nitrogen and oxygen atoms in total. The third-order valence-electron chi connectivity index (χ3n) is 6.67. The molecule has 3 amide bonds. The number of alkyl carbamates (subject to hydrolysis) is 1. The Balaban J connectivity index is 3.59. The van der Waals surface area contributed by atoms with Crippen LogP contribution in [0.15, 0.2) is 18.2 Å². The van der Waals surface area contributed by atoms with Gasteiger partial charge in [0.05, 0.1) is 0 Å². The van der Waals surface area contributed by atoms with Crippen molar-refractivity contribution >= 4 is 17.9 Å². The van der Waals surface area contributed by atoms with Crippen LogP contribution in [-0.2, 0) is 14.3 Å². The molecule has 0 aromatic heterocycles. The number of aryl methyl sites for hydroxylation is 2. The molecule has 216 valence electrons. The molecule has 0 aliphatic carbocycles. The zero-order valence-electron chi connectivity index (χ0n) is 25.6. The summed E-state index contributed by atoms with van der Waals surface area (Å²) in [5.41, 5.74) is 2.16. The van der Waals surface area contributed by atoms with Gasteiger partial charge in [0.25, 0.3) is 0 Å². The lowest BCUT2D eigenvalue weighted by molar-refractivity contribution is -0.143. The number of nitrogens with zero attached hydrogens (tertiary/aromatic N) is 1. The zero-order chi connectivity index (χ0) is 29.0. The van der Waals surface area contributed by atoms with Gasteiger partial charge < -0.3 is 20.3 Å². The summed E-state index contributed by atoms with van der Waals surface area (Å²) in [7, 11) is 0. The Hall–Kier alpha value is -2.57. The van der Waals surface area contributed by atoms with Crippen LogP contribution >= 0.6 is 0 Å². The molecule has 1 rings (SSSR count). The number of hydrogen-bond acceptors (Lipinski definition) is 4. The maximum absolute atomic E-state index is 14.3. The van der Waals surface area contributed by atoms with E-state index in [0.717, 1.165) is 48.8 Å². The average molecular weight is 532 g/mol. The van der Waals surface area contributed by atoms with Gasteiger partial charge in [0.15, 0.2) is 0 Å². The molecule has 0 aliphatic heterocycles. The molecule has 0 fully saturated rings. The second kappa shape index (κ2) is 15.7. The van der Waals surface area contributed by atoms with Gasteiger partial charge >= 0.3 is 6.09 Å². The fourth-order valence-corrected chi connectivity index (χ4v) is 4.66. The summed E-state index contributed by atoms with van der Waals surface area (Å²) >= 11 is 0. The van der Waals surface area contributed by atoms with Crippen LogP contribution in [0.25, 0.3) is 0 Å². The van der Waals surface area contributed by atoms with Crippen molar-refractivity contribution in [3.8, 4) is 0 Å². The Labute approximate surface area is 231 Å². The van der Waals surface area contributed by atoms with Gasteiger partial charge in [0.2, 0.25) is 11.8 Å². The van der Waals surface area contributed by atoms with Gasteiger partial charge in [-0.15, -0.1) is 0 Å². The van der Waals surface area contributed by atoms with Crippen molar-refractivity contribution in [2.24, 2.45) is 5.92 Å². The Morgan fingerprint density at radius 2 is 1.53 bits per heavy atom. The fourth-order valence-electron chi connectivity index (χ4n) is 4.66. The molecule has 0 saturated heterocycles. The van der Waals surface area contributed by atoms with Crippen molar-refractivity contribution in [2.45, 2.75) is 131 Å². The second-order valence-corrected chi connectivity index (χ2v) is 11.8. The summed E-state index contributed by atoms with van der Waals surface area (Å²) in [5, 5.41) is 5.99. The molecular formula is C31H53N3O4. The normalized spacial score (nSPS) is 14.7. The van der Waals surface area contributed by atoms with E-state index in [4.69, 9.17) is 4.74 Å². The van der Waals surface area contributed by atoms with Crippen LogP contribution in [0.5, 0.6) is 0 Å². The lowest BCUT2D eigenvalue weighted by Crippen LogP contribution is -2.55. The van der Waals surface area contributed by atoms with E-state index in [1.807, 2.05) is 46.8 Å². The van der Waals surface area contributed by atoms with E-state index in [-0.39, 0.29) is 23.8 Å². The number of rotatable bonds is 14. The average Bonchev–Trinajstić information content (AvgIpc) is 2.79. The lowest BCUT2D eigenvalue weighted by Gasteiger charge is -2.36. The highest BCUT2D eigenvalue weighted by Gasteiger charge is 2.38. The number of carbonyl (C=O) groups excluding carboxylic acids is 3. The van der Waals surface area contributed by atoms with Crippen LogP contribution in [0.2, 0.25) is 0 Å². The molecule has 1 aromatic rings. The van der Waals surface area contributed by atoms with Crippen molar-refractivity contribution in [1.29, 1.82) is 0 Å². The molecule has 7 heteroatoms. The second-order valence-electron chi connectivity index (χ2n) is 11.8. The van der Waals surface area contributed by atoms with Crippen molar-refractivity contribution in [3.63, 3.8) is 0 Å². The molecule has 0 saturated carbocycles. The molecule has 4 unspecified atom stereocenters. The largest absolute Gasteiger partial charge is 0.444 e. The van der Waals surface area contributed by atoms with E-state index in [0.29, 0.717) is 13.0 Å². The van der Waals surface area contributed by atoms with E-state index >= 15 is 0 Å². The van der Waals surface area contributed by atoms with Gasteiger partial charge in [-0.1, -0.05) is 82.7 Å². The van der Waals surface area contributed by atoms with E-state index in [9.17, 15) is 14.4 Å². The Morgan fingerprint density at radius 3 is 2.03 bits per heavy atom. The number of carbonyl (C=O) groups is 3. The zero-order valence-corrected chi connectivity index (χ0v) is 25.6. The number of nitrogens with one attached hydrogen (secondary N) is 2. The minimum Gasteiger partial charge on any atom is -0.444 e. The molecule has 0 bridgehead atoms. The van der Waals surface area contributed by atoms with Crippen LogP contribution < -0.4 is 10.6 Å². The summed E-state index contributed by atoms with van der Waals surface area (Å²) in [6.45, 7) is 19.9. The third-order valence-corrected chi connectivity index (χ3v) is 6.67. The number of benzene rings is 1. The lowest BCUT2D eigenvalue weighted by atomic mass is 9.94. The highest BCUT2D eigenvalue weighted by Crippen LogP contribution is 2.27. The number of ether oxygens (including phenoxy) is 1. The predicted molar refractivity (Wildman–Crippen MR) is 155 cm³/mol. The molecule has 0 spiro atoms. The standard InChI is InChI=1S/C31H53N3O4/c1-11-14-15-17-34(29(36)26(23(6)13-3)33-30(37)38-31(8,9)10)27(28(35)32-24(7)16-12-2)25-19-21(4)18-22(5)20-25/h18-20,23-24,26-27H,11-17H2,1-10H3,(H,32,35)(H,33,37). The first-order chi connectivity index (χ1) is 17.7. The number of amides is 3. The summed E-state index contributed by atoms with van der Waals surface area (Å²) < 4.78 is 5.49. The van der Waals surface area contributed by atoms with Gasteiger partial charge in [-0.25, -0.2) is 4.79 Å². The van der Waals surface area contributed by atoms with Crippen LogP contribution in [0.4, 0.5) is 4.79 Å². The summed E-state index contributed by atoms with van der Waals surface area (Å²) in [4.78, 5) is 42.7. The Bertz CT molecular complexity index is 889. The SMILES string of the molecule is CCCCCN(C(=O)C(NC(=O)OC(C)(C)C)C(C)CC)C(C(=O)NC(C)CCC)c1cc(C)cc(C)c1. The Morgan fingerprint density at radius 1 is 0.921 bits per heavy atom. The van der Waals surface area contributed by atoms with Gasteiger partial charge in [0, 0.05) is 12.6 Å². The van der Waals surface area contributed by atoms with Crippen molar-refractivity contribution in [1.82, 2.24) is 15.5 Å². The first kappa shape index (κ1) is 33.5. The summed E-state index contributed by atoms with van der Waals surface area (Å²) in [5.74, 6) is -0.601. The van der Waals surface area contributed by atoms with Crippen LogP contribution in [0, 0.1) is 19.8 Å². The maximum atomic E-state index is 14.3. The van der Waals surface area contributed by atoms with E-state index < -0.39 is 23.8 Å². The fraction of sp³-hybridized carbons (Fsp3) is 0.710. The predicted octanol–water partition coefficient (Wildman–Crippen LogP) is 6.61. The molecule has 4 atom stereocenters. The van der Waals surface area contributed by atoms with E-state index in [1.54, 1.807) is 25.7 Å². The van der Waals surface area contributed by atoms with Gasteiger partial charge in [-0.3, -0.25) is 9.59 Å². The highest BCUT2D eigenvalue weighted by atomic mass is 16.6. The monoisotopic (exact) mass is 531 g/mol. The third kappa shape index (κ3) is 11.0. The molecule has 0 aliphatic rings. The molecule has 0 heterocycles. The number of unbranched alkanes of at least 4 members (excludes halogenated alkanes) is 2. The van der Waals surface area contributed by atoms with E-state index in [2.05, 4.69) is 30.5 Å². The molecule has 38 heavy (non-hydrogen) atoms. The topological polar surface area (TPSA) is 87.7 Å². The smallest absolute Gasteiger partial charge is 0.408 e. The van der Waals surface area contributed by atoms with Crippen molar-refractivity contribution in [2.75, 3.05) is 6.54 Å². The molecule has 1 aromatic carbocycles. The van der Waals surface area contributed by atoms with Crippen LogP contribution in [0.1, 0.15) is 117 Å². The quantitative estimate of drug-likeness (QED) is 0.265. The first-order valence-electron chi connectivity index (χ1n) is 14.4. The van der Waals surface area contributed by atoms with Gasteiger partial charge in [-0.2, -0.15) is 0 Å². The molecular weight excluding hydrogens is 478 g/mol. The number of hydrogen-bond donors (Lipinski definition) is 2.